The van der Waals surface area contributed by atoms with E-state index in [1.54, 1.807) is 34.1 Å². The van der Waals surface area contributed by atoms with Gasteiger partial charge in [0.15, 0.2) is 6.61 Å². The normalized spacial score (nSPS) is 17.9. The van der Waals surface area contributed by atoms with Gasteiger partial charge in [0.25, 0.3) is 5.91 Å². The van der Waals surface area contributed by atoms with Gasteiger partial charge in [0.2, 0.25) is 5.91 Å². The molecule has 2 saturated heterocycles. The molecule has 0 atom stereocenters. The van der Waals surface area contributed by atoms with Gasteiger partial charge in [-0.15, -0.1) is 0 Å². The minimum atomic E-state index is -0.545. The number of hydrogen-bond acceptors (Lipinski definition) is 5. The highest BCUT2D eigenvalue weighted by atomic mass is 16.5. The summed E-state index contributed by atoms with van der Waals surface area (Å²) in [7, 11) is 0. The highest BCUT2D eigenvalue weighted by Crippen LogP contribution is 2.21. The molecule has 0 saturated carbocycles. The Labute approximate surface area is 140 Å². The monoisotopic (exact) mass is 332 g/mol. The van der Waals surface area contributed by atoms with E-state index in [0.717, 1.165) is 12.1 Å². The van der Waals surface area contributed by atoms with Crippen molar-refractivity contribution in [3.8, 4) is 0 Å². The average Bonchev–Trinajstić information content (AvgIpc) is 3.06. The van der Waals surface area contributed by atoms with Crippen molar-refractivity contribution in [2.75, 3.05) is 44.4 Å². The predicted octanol–water partition coefficient (Wildman–Crippen LogP) is 0.829. The van der Waals surface area contributed by atoms with E-state index in [9.17, 15) is 14.4 Å². The molecule has 2 amide bonds. The number of morpholine rings is 1. The van der Waals surface area contributed by atoms with Crippen LogP contribution in [0, 0.1) is 0 Å². The second kappa shape index (κ2) is 7.44. The molecule has 0 aromatic heterocycles. The third-order valence-electron chi connectivity index (χ3n) is 4.18. The lowest BCUT2D eigenvalue weighted by molar-refractivity contribution is -0.138. The van der Waals surface area contributed by atoms with Crippen molar-refractivity contribution in [1.29, 1.82) is 0 Å². The van der Waals surface area contributed by atoms with Crippen LogP contribution in [0.1, 0.15) is 23.2 Å². The maximum atomic E-state index is 12.0. The number of nitrogens with zero attached hydrogens (tertiary/aromatic N) is 2. The van der Waals surface area contributed by atoms with E-state index in [1.807, 2.05) is 0 Å². The molecule has 24 heavy (non-hydrogen) atoms. The molecule has 1 aromatic rings. The van der Waals surface area contributed by atoms with E-state index in [-0.39, 0.29) is 18.4 Å². The molecule has 1 aromatic carbocycles. The molecular weight excluding hydrogens is 312 g/mol. The van der Waals surface area contributed by atoms with Crippen molar-refractivity contribution < 1.29 is 23.9 Å². The van der Waals surface area contributed by atoms with Crippen LogP contribution >= 0.6 is 0 Å². The fourth-order valence-electron chi connectivity index (χ4n) is 2.81. The van der Waals surface area contributed by atoms with Crippen LogP contribution in [0.15, 0.2) is 24.3 Å². The van der Waals surface area contributed by atoms with Crippen molar-refractivity contribution in [3.05, 3.63) is 29.8 Å². The molecule has 0 bridgehead atoms. The van der Waals surface area contributed by atoms with E-state index in [1.165, 1.54) is 0 Å². The number of benzene rings is 1. The van der Waals surface area contributed by atoms with Gasteiger partial charge in [-0.05, 0) is 30.7 Å². The third kappa shape index (κ3) is 3.73. The average molecular weight is 332 g/mol. The zero-order valence-electron chi connectivity index (χ0n) is 13.4. The molecule has 2 heterocycles. The quantitative estimate of drug-likeness (QED) is 0.763. The second-order valence-corrected chi connectivity index (χ2v) is 5.77. The summed E-state index contributed by atoms with van der Waals surface area (Å²) in [4.78, 5) is 39.0. The molecule has 2 fully saturated rings. The lowest BCUT2D eigenvalue weighted by Gasteiger charge is -2.26. The van der Waals surface area contributed by atoms with Gasteiger partial charge in [0.05, 0.1) is 18.8 Å². The summed E-state index contributed by atoms with van der Waals surface area (Å²) >= 11 is 0. The molecular formula is C17H20N2O5. The molecule has 128 valence electrons. The Morgan fingerprint density at radius 2 is 1.79 bits per heavy atom. The fourth-order valence-corrected chi connectivity index (χ4v) is 2.81. The smallest absolute Gasteiger partial charge is 0.338 e. The maximum Gasteiger partial charge on any atom is 0.338 e. The Bertz CT molecular complexity index is 622. The van der Waals surface area contributed by atoms with Crippen LogP contribution in [0.5, 0.6) is 0 Å². The van der Waals surface area contributed by atoms with Crippen LogP contribution in [-0.2, 0) is 19.1 Å². The van der Waals surface area contributed by atoms with Gasteiger partial charge in [-0.2, -0.15) is 0 Å². The van der Waals surface area contributed by atoms with Crippen LogP contribution in [0.4, 0.5) is 5.69 Å². The molecule has 0 spiro atoms. The fraction of sp³-hybridized carbons (Fsp3) is 0.471. The molecule has 3 rings (SSSR count). The number of anilines is 1. The number of esters is 1. The van der Waals surface area contributed by atoms with Crippen molar-refractivity contribution in [2.45, 2.75) is 12.8 Å². The molecule has 0 aliphatic carbocycles. The molecule has 7 heteroatoms. The Hall–Kier alpha value is -2.41. The highest BCUT2D eigenvalue weighted by Gasteiger charge is 2.22. The first-order chi connectivity index (χ1) is 11.6. The van der Waals surface area contributed by atoms with E-state index < -0.39 is 5.97 Å². The van der Waals surface area contributed by atoms with Crippen LogP contribution in [0.25, 0.3) is 0 Å². The van der Waals surface area contributed by atoms with Gasteiger partial charge in [-0.1, -0.05) is 0 Å². The van der Waals surface area contributed by atoms with Crippen molar-refractivity contribution in [2.24, 2.45) is 0 Å². The van der Waals surface area contributed by atoms with Gasteiger partial charge in [0.1, 0.15) is 0 Å². The molecule has 2 aliphatic heterocycles. The van der Waals surface area contributed by atoms with Gasteiger partial charge in [-0.25, -0.2) is 4.79 Å². The Balaban J connectivity index is 1.53. The first-order valence-corrected chi connectivity index (χ1v) is 8.08. The summed E-state index contributed by atoms with van der Waals surface area (Å²) in [6.07, 6.45) is 1.42. The third-order valence-corrected chi connectivity index (χ3v) is 4.18. The Kier molecular flexibility index (Phi) is 5.10. The van der Waals surface area contributed by atoms with Crippen LogP contribution < -0.4 is 4.90 Å². The van der Waals surface area contributed by atoms with Crippen LogP contribution in [0.2, 0.25) is 0 Å². The van der Waals surface area contributed by atoms with Crippen molar-refractivity contribution >= 4 is 23.5 Å². The summed E-state index contributed by atoms with van der Waals surface area (Å²) in [6.45, 7) is 2.50. The number of carbonyl (C=O) groups is 3. The molecule has 7 nitrogen and oxygen atoms in total. The van der Waals surface area contributed by atoms with Crippen molar-refractivity contribution in [3.63, 3.8) is 0 Å². The molecule has 0 radical (unpaired) electrons. The second-order valence-electron chi connectivity index (χ2n) is 5.77. The summed E-state index contributed by atoms with van der Waals surface area (Å²) in [6, 6.07) is 6.68. The first-order valence-electron chi connectivity index (χ1n) is 8.08. The summed E-state index contributed by atoms with van der Waals surface area (Å²) in [5.74, 6) is -0.664. The number of carbonyl (C=O) groups excluding carboxylic acids is 3. The Morgan fingerprint density at radius 1 is 1.08 bits per heavy atom. The van der Waals surface area contributed by atoms with Crippen LogP contribution in [0.3, 0.4) is 0 Å². The number of ether oxygens (including phenoxy) is 2. The summed E-state index contributed by atoms with van der Waals surface area (Å²) < 4.78 is 10.3. The van der Waals surface area contributed by atoms with Gasteiger partial charge in [-0.3, -0.25) is 9.59 Å². The lowest BCUT2D eigenvalue weighted by atomic mass is 10.2. The number of amides is 2. The molecule has 2 aliphatic rings. The number of hydrogen-bond donors (Lipinski definition) is 0. The summed E-state index contributed by atoms with van der Waals surface area (Å²) in [5.41, 5.74) is 1.14. The van der Waals surface area contributed by atoms with E-state index in [2.05, 4.69) is 0 Å². The zero-order valence-corrected chi connectivity index (χ0v) is 13.4. The molecule has 0 unspecified atom stereocenters. The topological polar surface area (TPSA) is 76.2 Å². The highest BCUT2D eigenvalue weighted by molar-refractivity contribution is 5.96. The largest absolute Gasteiger partial charge is 0.452 e. The Morgan fingerprint density at radius 3 is 2.42 bits per heavy atom. The SMILES string of the molecule is O=C(OCC(=O)N1CCOCC1)c1ccc(N2CCCC2=O)cc1. The lowest BCUT2D eigenvalue weighted by Crippen LogP contribution is -2.42. The minimum absolute atomic E-state index is 0.0986. The van der Waals surface area contributed by atoms with Crippen LogP contribution in [-0.4, -0.2) is 62.1 Å². The first kappa shape index (κ1) is 16.4. The number of rotatable bonds is 4. The summed E-state index contributed by atoms with van der Waals surface area (Å²) in [5, 5.41) is 0. The molecule has 0 N–H and O–H groups in total. The predicted molar refractivity (Wildman–Crippen MR) is 85.7 cm³/mol. The van der Waals surface area contributed by atoms with Gasteiger partial charge >= 0.3 is 5.97 Å². The van der Waals surface area contributed by atoms with E-state index in [0.29, 0.717) is 44.8 Å². The van der Waals surface area contributed by atoms with Crippen molar-refractivity contribution in [1.82, 2.24) is 4.90 Å². The van der Waals surface area contributed by atoms with Gasteiger partial charge < -0.3 is 19.3 Å². The maximum absolute atomic E-state index is 12.0. The van der Waals surface area contributed by atoms with E-state index in [4.69, 9.17) is 9.47 Å². The standard InChI is InChI=1S/C17H20N2O5/c20-15-2-1-7-19(15)14-5-3-13(4-6-14)17(22)24-12-16(21)18-8-10-23-11-9-18/h3-6H,1-2,7-12H2. The minimum Gasteiger partial charge on any atom is -0.452 e. The zero-order chi connectivity index (χ0) is 16.9. The van der Waals surface area contributed by atoms with E-state index >= 15 is 0 Å². The van der Waals surface area contributed by atoms with Gasteiger partial charge in [0, 0.05) is 31.7 Å².